The molecule has 0 radical (unpaired) electrons. The number of carbonyl (C=O) groups excluding carboxylic acids is 1. The van der Waals surface area contributed by atoms with E-state index in [1.165, 1.54) is 17.4 Å². The van der Waals surface area contributed by atoms with Crippen LogP contribution >= 0.6 is 11.3 Å². The lowest BCUT2D eigenvalue weighted by molar-refractivity contribution is 0.0791. The number of nitrogens with zero attached hydrogens (tertiary/aromatic N) is 1. The normalized spacial score (nSPS) is 18.6. The maximum absolute atomic E-state index is 14.1. The summed E-state index contributed by atoms with van der Waals surface area (Å²) in [6, 6.07) is 4.93. The first-order valence-electron chi connectivity index (χ1n) is 6.85. The van der Waals surface area contributed by atoms with Gasteiger partial charge in [-0.05, 0) is 18.6 Å². The molecule has 0 unspecified atom stereocenters. The third-order valence-corrected chi connectivity index (χ3v) is 4.94. The van der Waals surface area contributed by atoms with Crippen molar-refractivity contribution in [3.05, 3.63) is 34.5 Å². The number of hydrogen-bond donors (Lipinski definition) is 1. The molecule has 1 aromatic heterocycles. The molecule has 2 N–H and O–H groups in total. The lowest BCUT2D eigenvalue weighted by atomic mass is 10.1. The third kappa shape index (κ3) is 2.54. The van der Waals surface area contributed by atoms with Crippen molar-refractivity contribution < 1.29 is 13.9 Å². The Bertz CT molecular complexity index is 686. The number of thiophene rings is 1. The summed E-state index contributed by atoms with van der Waals surface area (Å²) in [6.45, 7) is 1.44. The van der Waals surface area contributed by atoms with Gasteiger partial charge in [-0.2, -0.15) is 0 Å². The quantitative estimate of drug-likeness (QED) is 0.947. The molecule has 0 bridgehead atoms. The summed E-state index contributed by atoms with van der Waals surface area (Å²) in [7, 11) is 1.55. The second-order valence-corrected chi connectivity index (χ2v) is 6.31. The van der Waals surface area contributed by atoms with Gasteiger partial charge >= 0.3 is 0 Å². The van der Waals surface area contributed by atoms with Crippen LogP contribution in [0, 0.1) is 5.82 Å². The van der Waals surface area contributed by atoms with E-state index in [4.69, 9.17) is 10.5 Å². The lowest BCUT2D eigenvalue weighted by Crippen LogP contribution is -2.31. The van der Waals surface area contributed by atoms with Crippen LogP contribution in [0.5, 0.6) is 0 Å². The molecule has 2 aromatic rings. The maximum atomic E-state index is 14.1. The molecular weight excluding hydrogens is 291 g/mol. The molecule has 2 heterocycles. The molecule has 1 fully saturated rings. The van der Waals surface area contributed by atoms with Gasteiger partial charge in [-0.15, -0.1) is 11.3 Å². The number of hydrogen-bond acceptors (Lipinski definition) is 4. The fraction of sp³-hybridized carbons (Fsp3) is 0.400. The van der Waals surface area contributed by atoms with E-state index in [0.717, 1.165) is 11.1 Å². The first kappa shape index (κ1) is 14.4. The van der Waals surface area contributed by atoms with Gasteiger partial charge in [-0.25, -0.2) is 4.39 Å². The van der Waals surface area contributed by atoms with Crippen LogP contribution in [0.2, 0.25) is 0 Å². The van der Waals surface area contributed by atoms with Crippen LogP contribution in [-0.4, -0.2) is 37.0 Å². The SMILES string of the molecule is COCc1c(C(=O)N2CC[C@@H](N)C2)sc2cccc(F)c12. The number of methoxy groups -OCH3 is 1. The maximum Gasteiger partial charge on any atom is 0.264 e. The van der Waals surface area contributed by atoms with E-state index in [0.29, 0.717) is 28.9 Å². The van der Waals surface area contributed by atoms with Gasteiger partial charge in [0.15, 0.2) is 0 Å². The Labute approximate surface area is 126 Å². The molecule has 0 spiro atoms. The average Bonchev–Trinajstić information content (AvgIpc) is 3.04. The standard InChI is InChI=1S/C15H17FN2O2S/c1-20-8-10-13-11(16)3-2-4-12(13)21-14(10)15(19)18-6-5-9(17)7-18/h2-4,9H,5-8,17H2,1H3/t9-/m1/s1. The van der Waals surface area contributed by atoms with Crippen LogP contribution in [0.3, 0.4) is 0 Å². The Morgan fingerprint density at radius 3 is 3.05 bits per heavy atom. The molecule has 1 aromatic carbocycles. The summed E-state index contributed by atoms with van der Waals surface area (Å²) in [6.07, 6.45) is 0.810. The molecule has 6 heteroatoms. The summed E-state index contributed by atoms with van der Waals surface area (Å²) in [5.74, 6) is -0.386. The van der Waals surface area contributed by atoms with Crippen molar-refractivity contribution in [1.82, 2.24) is 4.90 Å². The number of nitrogens with two attached hydrogens (primary N) is 1. The van der Waals surface area contributed by atoms with Gasteiger partial charge in [-0.3, -0.25) is 4.79 Å². The zero-order valence-electron chi connectivity index (χ0n) is 11.8. The van der Waals surface area contributed by atoms with E-state index in [1.54, 1.807) is 18.1 Å². The van der Waals surface area contributed by atoms with Crippen molar-refractivity contribution in [2.24, 2.45) is 5.73 Å². The topological polar surface area (TPSA) is 55.6 Å². The van der Waals surface area contributed by atoms with Crippen molar-refractivity contribution in [1.29, 1.82) is 0 Å². The predicted octanol–water partition coefficient (Wildman–Crippen LogP) is 2.36. The van der Waals surface area contributed by atoms with E-state index in [2.05, 4.69) is 0 Å². The van der Waals surface area contributed by atoms with Crippen LogP contribution in [0.25, 0.3) is 10.1 Å². The van der Waals surface area contributed by atoms with Gasteiger partial charge < -0.3 is 15.4 Å². The largest absolute Gasteiger partial charge is 0.380 e. The van der Waals surface area contributed by atoms with Crippen molar-refractivity contribution in [2.45, 2.75) is 19.1 Å². The van der Waals surface area contributed by atoms with Gasteiger partial charge in [-0.1, -0.05) is 6.07 Å². The van der Waals surface area contributed by atoms with E-state index < -0.39 is 0 Å². The molecule has 1 saturated heterocycles. The third-order valence-electron chi connectivity index (χ3n) is 3.76. The van der Waals surface area contributed by atoms with E-state index >= 15 is 0 Å². The molecule has 1 aliphatic heterocycles. The number of ether oxygens (including phenoxy) is 1. The molecule has 1 atom stereocenters. The second kappa shape index (κ2) is 5.71. The summed E-state index contributed by atoms with van der Waals surface area (Å²) < 4.78 is 20.0. The lowest BCUT2D eigenvalue weighted by Gasteiger charge is -2.15. The van der Waals surface area contributed by atoms with Crippen molar-refractivity contribution in [3.63, 3.8) is 0 Å². The molecule has 112 valence electrons. The van der Waals surface area contributed by atoms with Crippen LogP contribution < -0.4 is 5.73 Å². The van der Waals surface area contributed by atoms with Gasteiger partial charge in [0, 0.05) is 41.9 Å². The van der Waals surface area contributed by atoms with E-state index in [9.17, 15) is 9.18 Å². The van der Waals surface area contributed by atoms with Gasteiger partial charge in [0.1, 0.15) is 5.82 Å². The summed E-state index contributed by atoms with van der Waals surface area (Å²) in [5, 5.41) is 0.496. The molecular formula is C15H17FN2O2S. The van der Waals surface area contributed by atoms with Crippen molar-refractivity contribution in [3.8, 4) is 0 Å². The van der Waals surface area contributed by atoms with Gasteiger partial charge in [0.05, 0.1) is 11.5 Å². The van der Waals surface area contributed by atoms with Crippen LogP contribution in [0.4, 0.5) is 4.39 Å². The molecule has 21 heavy (non-hydrogen) atoms. The highest BCUT2D eigenvalue weighted by atomic mass is 32.1. The van der Waals surface area contributed by atoms with Crippen LogP contribution in [-0.2, 0) is 11.3 Å². The number of amides is 1. The highest BCUT2D eigenvalue weighted by Crippen LogP contribution is 2.35. The zero-order chi connectivity index (χ0) is 15.0. The highest BCUT2D eigenvalue weighted by molar-refractivity contribution is 7.21. The Morgan fingerprint density at radius 2 is 2.38 bits per heavy atom. The van der Waals surface area contributed by atoms with E-state index in [1.807, 2.05) is 6.07 Å². The Kier molecular flexibility index (Phi) is 3.93. The minimum absolute atomic E-state index is 0.0333. The predicted molar refractivity (Wildman–Crippen MR) is 81.0 cm³/mol. The number of rotatable bonds is 3. The molecule has 3 rings (SSSR count). The Morgan fingerprint density at radius 1 is 1.57 bits per heavy atom. The van der Waals surface area contributed by atoms with Crippen molar-refractivity contribution >= 4 is 27.3 Å². The monoisotopic (exact) mass is 308 g/mol. The first-order chi connectivity index (χ1) is 10.1. The minimum atomic E-state index is -0.312. The zero-order valence-corrected chi connectivity index (χ0v) is 12.6. The number of fused-ring (bicyclic) bond motifs is 1. The molecule has 4 nitrogen and oxygen atoms in total. The number of halogens is 1. The second-order valence-electron chi connectivity index (χ2n) is 5.26. The number of carbonyl (C=O) groups is 1. The number of likely N-dealkylation sites (tertiary alicyclic amines) is 1. The highest BCUT2D eigenvalue weighted by Gasteiger charge is 2.28. The Balaban J connectivity index is 2.07. The molecule has 1 amide bonds. The van der Waals surface area contributed by atoms with E-state index in [-0.39, 0.29) is 24.4 Å². The average molecular weight is 308 g/mol. The fourth-order valence-corrected chi connectivity index (χ4v) is 3.93. The van der Waals surface area contributed by atoms with Gasteiger partial charge in [0.2, 0.25) is 0 Å². The van der Waals surface area contributed by atoms with Crippen LogP contribution in [0.1, 0.15) is 21.7 Å². The Hall–Kier alpha value is -1.50. The fourth-order valence-electron chi connectivity index (χ4n) is 2.74. The number of benzene rings is 1. The van der Waals surface area contributed by atoms with Gasteiger partial charge in [0.25, 0.3) is 5.91 Å². The first-order valence-corrected chi connectivity index (χ1v) is 7.67. The molecule has 0 saturated carbocycles. The summed E-state index contributed by atoms with van der Waals surface area (Å²) in [4.78, 5) is 15.0. The summed E-state index contributed by atoms with van der Waals surface area (Å²) >= 11 is 1.32. The molecule has 0 aliphatic carbocycles. The minimum Gasteiger partial charge on any atom is -0.380 e. The smallest absolute Gasteiger partial charge is 0.264 e. The summed E-state index contributed by atoms with van der Waals surface area (Å²) in [5.41, 5.74) is 6.50. The van der Waals surface area contributed by atoms with Crippen LogP contribution in [0.15, 0.2) is 18.2 Å². The van der Waals surface area contributed by atoms with Crippen molar-refractivity contribution in [2.75, 3.05) is 20.2 Å². The molecule has 1 aliphatic rings.